The van der Waals surface area contributed by atoms with Gasteiger partial charge in [0.2, 0.25) is 0 Å². The predicted octanol–water partition coefficient (Wildman–Crippen LogP) is 3.48. The second-order valence-electron chi connectivity index (χ2n) is 7.15. The summed E-state index contributed by atoms with van der Waals surface area (Å²) in [6, 6.07) is 8.13. The van der Waals surface area contributed by atoms with Gasteiger partial charge in [-0.25, -0.2) is 0 Å². The Hall–Kier alpha value is -1.75. The third kappa shape index (κ3) is 6.52. The molecule has 0 spiro atoms. The molecule has 2 rings (SSSR count). The minimum absolute atomic E-state index is 0.369. The van der Waals surface area contributed by atoms with Gasteiger partial charge in [0, 0.05) is 33.4 Å². The van der Waals surface area contributed by atoms with Gasteiger partial charge >= 0.3 is 0 Å². The van der Waals surface area contributed by atoms with E-state index in [9.17, 15) is 0 Å². The summed E-state index contributed by atoms with van der Waals surface area (Å²) in [5.74, 6) is 1.92. The van der Waals surface area contributed by atoms with E-state index in [0.29, 0.717) is 12.0 Å². The maximum Gasteiger partial charge on any atom is 0.193 e. The molecule has 1 aliphatic carbocycles. The van der Waals surface area contributed by atoms with Crippen LogP contribution in [0.3, 0.4) is 0 Å². The van der Waals surface area contributed by atoms with E-state index in [-0.39, 0.29) is 0 Å². The average Bonchev–Trinajstić information content (AvgIpc) is 3.40. The van der Waals surface area contributed by atoms with E-state index in [4.69, 9.17) is 14.5 Å². The summed E-state index contributed by atoms with van der Waals surface area (Å²) in [5.41, 5.74) is 1.54. The third-order valence-electron chi connectivity index (χ3n) is 4.98. The zero-order valence-electron chi connectivity index (χ0n) is 16.9. The lowest BCUT2D eigenvalue weighted by Gasteiger charge is -2.23. The summed E-state index contributed by atoms with van der Waals surface area (Å²) in [4.78, 5) is 7.04. The van der Waals surface area contributed by atoms with Crippen molar-refractivity contribution >= 4 is 5.96 Å². The zero-order valence-corrected chi connectivity index (χ0v) is 16.9. The molecule has 0 saturated heterocycles. The fraction of sp³-hybridized carbons (Fsp3) is 0.667. The zero-order chi connectivity index (χ0) is 18.8. The van der Waals surface area contributed by atoms with Crippen LogP contribution >= 0.6 is 0 Å². The molecule has 146 valence electrons. The number of nitrogens with zero attached hydrogens (tertiary/aromatic N) is 2. The first-order valence-corrected chi connectivity index (χ1v) is 9.86. The lowest BCUT2D eigenvalue weighted by molar-refractivity contribution is 0.129. The molecule has 1 fully saturated rings. The molecule has 0 amide bonds. The quantitative estimate of drug-likeness (QED) is 0.372. The molecule has 0 unspecified atom stereocenters. The van der Waals surface area contributed by atoms with Gasteiger partial charge in [-0.1, -0.05) is 18.2 Å². The van der Waals surface area contributed by atoms with Crippen molar-refractivity contribution in [1.29, 1.82) is 0 Å². The second kappa shape index (κ2) is 10.4. The topological polar surface area (TPSA) is 46.1 Å². The van der Waals surface area contributed by atoms with E-state index in [0.717, 1.165) is 51.0 Å². The first-order valence-electron chi connectivity index (χ1n) is 9.86. The molecule has 0 atom stereocenters. The van der Waals surface area contributed by atoms with Crippen molar-refractivity contribution in [2.24, 2.45) is 10.4 Å². The maximum atomic E-state index is 5.92. The summed E-state index contributed by atoms with van der Waals surface area (Å²) in [6.07, 6.45) is 3.65. The van der Waals surface area contributed by atoms with Gasteiger partial charge in [-0.15, -0.1) is 0 Å². The van der Waals surface area contributed by atoms with Crippen molar-refractivity contribution in [3.05, 3.63) is 29.8 Å². The normalized spacial score (nSPS) is 15.6. The van der Waals surface area contributed by atoms with Crippen LogP contribution in [-0.4, -0.2) is 57.4 Å². The molecule has 1 aromatic carbocycles. The van der Waals surface area contributed by atoms with E-state index >= 15 is 0 Å². The Morgan fingerprint density at radius 1 is 1.23 bits per heavy atom. The van der Waals surface area contributed by atoms with Crippen molar-refractivity contribution < 1.29 is 9.47 Å². The highest BCUT2D eigenvalue weighted by Gasteiger charge is 2.42. The minimum atomic E-state index is 0.369. The number of guanidine groups is 1. The third-order valence-corrected chi connectivity index (χ3v) is 4.98. The summed E-state index contributed by atoms with van der Waals surface area (Å²) < 4.78 is 11.4. The Bertz CT molecular complexity index is 570. The van der Waals surface area contributed by atoms with Gasteiger partial charge in [0.1, 0.15) is 12.4 Å². The Labute approximate surface area is 158 Å². The molecule has 1 saturated carbocycles. The second-order valence-corrected chi connectivity index (χ2v) is 7.15. The number of hydrogen-bond acceptors (Lipinski definition) is 3. The van der Waals surface area contributed by atoms with Crippen LogP contribution in [0.25, 0.3) is 0 Å². The highest BCUT2D eigenvalue weighted by atomic mass is 16.5. The van der Waals surface area contributed by atoms with E-state index in [1.807, 2.05) is 18.2 Å². The van der Waals surface area contributed by atoms with E-state index in [2.05, 4.69) is 44.1 Å². The van der Waals surface area contributed by atoms with Crippen LogP contribution in [0, 0.1) is 12.3 Å². The Kier molecular flexibility index (Phi) is 8.23. The molecule has 5 heteroatoms. The molecule has 5 nitrogen and oxygen atoms in total. The van der Waals surface area contributed by atoms with Crippen LogP contribution in [0.2, 0.25) is 0 Å². The fourth-order valence-corrected chi connectivity index (χ4v) is 2.93. The number of para-hydroxylation sites is 1. The Morgan fingerprint density at radius 3 is 2.65 bits per heavy atom. The average molecular weight is 362 g/mol. The van der Waals surface area contributed by atoms with Crippen LogP contribution in [0.15, 0.2) is 29.3 Å². The number of rotatable bonds is 11. The van der Waals surface area contributed by atoms with Crippen LogP contribution < -0.4 is 10.1 Å². The van der Waals surface area contributed by atoms with Crippen LogP contribution in [0.5, 0.6) is 5.75 Å². The van der Waals surface area contributed by atoms with Crippen molar-refractivity contribution in [3.8, 4) is 5.75 Å². The van der Waals surface area contributed by atoms with Crippen LogP contribution in [0.1, 0.15) is 38.7 Å². The molecule has 0 heterocycles. The number of hydrogen-bond donors (Lipinski definition) is 1. The first-order chi connectivity index (χ1) is 12.6. The lowest BCUT2D eigenvalue weighted by Crippen LogP contribution is -2.41. The van der Waals surface area contributed by atoms with Gasteiger partial charge in [0.15, 0.2) is 5.96 Å². The van der Waals surface area contributed by atoms with Crippen molar-refractivity contribution in [2.75, 3.05) is 46.5 Å². The van der Waals surface area contributed by atoms with Crippen LogP contribution in [-0.2, 0) is 4.74 Å². The summed E-state index contributed by atoms with van der Waals surface area (Å²) in [6.45, 7) is 11.1. The molecule has 0 radical (unpaired) electrons. The van der Waals surface area contributed by atoms with Crippen molar-refractivity contribution in [3.63, 3.8) is 0 Å². The molecule has 1 N–H and O–H groups in total. The smallest absolute Gasteiger partial charge is 0.193 e. The fourth-order valence-electron chi connectivity index (χ4n) is 2.93. The predicted molar refractivity (Wildman–Crippen MR) is 108 cm³/mol. The van der Waals surface area contributed by atoms with Gasteiger partial charge in [0.05, 0.1) is 6.54 Å². The minimum Gasteiger partial charge on any atom is -0.491 e. The largest absolute Gasteiger partial charge is 0.491 e. The molecule has 1 aliphatic rings. The molecular weight excluding hydrogens is 326 g/mol. The number of ether oxygens (including phenoxy) is 2. The monoisotopic (exact) mass is 361 g/mol. The molecule has 0 aromatic heterocycles. The summed E-state index contributed by atoms with van der Waals surface area (Å²) in [7, 11) is 2.07. The van der Waals surface area contributed by atoms with Gasteiger partial charge < -0.3 is 19.7 Å². The molecule has 1 aromatic rings. The number of aryl methyl sites for hydroxylation is 1. The summed E-state index contributed by atoms with van der Waals surface area (Å²) in [5, 5.41) is 3.40. The van der Waals surface area contributed by atoms with Gasteiger partial charge in [0.25, 0.3) is 0 Å². The first kappa shape index (κ1) is 20.6. The number of likely N-dealkylation sites (N-methyl/N-ethyl adjacent to an activating group) is 1. The number of aliphatic imine (C=N–C) groups is 1. The SMILES string of the molecule is CCNC(=NCC1(CCOCC)CC1)N(C)CCOc1ccccc1C. The van der Waals surface area contributed by atoms with Gasteiger partial charge in [-0.05, 0) is 57.1 Å². The summed E-state index contributed by atoms with van der Waals surface area (Å²) >= 11 is 0. The number of nitrogens with one attached hydrogen (secondary N) is 1. The van der Waals surface area contributed by atoms with Crippen LogP contribution in [0.4, 0.5) is 0 Å². The highest BCUT2D eigenvalue weighted by Crippen LogP contribution is 2.49. The molecule has 26 heavy (non-hydrogen) atoms. The molecule has 0 bridgehead atoms. The van der Waals surface area contributed by atoms with Crippen molar-refractivity contribution in [2.45, 2.75) is 40.0 Å². The molecular formula is C21H35N3O2. The van der Waals surface area contributed by atoms with E-state index in [1.54, 1.807) is 0 Å². The molecule has 0 aliphatic heterocycles. The van der Waals surface area contributed by atoms with Crippen molar-refractivity contribution in [1.82, 2.24) is 10.2 Å². The van der Waals surface area contributed by atoms with Gasteiger partial charge in [-0.3, -0.25) is 4.99 Å². The Balaban J connectivity index is 1.82. The maximum absolute atomic E-state index is 5.92. The Morgan fingerprint density at radius 2 is 2.00 bits per heavy atom. The standard InChI is InChI=1S/C21H35N3O2/c1-5-22-20(23-17-21(11-12-21)13-15-25-6-2)24(4)14-16-26-19-10-8-7-9-18(19)3/h7-10H,5-6,11-17H2,1-4H3,(H,22,23). The lowest BCUT2D eigenvalue weighted by atomic mass is 10.0. The number of benzene rings is 1. The van der Waals surface area contributed by atoms with E-state index in [1.165, 1.54) is 18.4 Å². The van der Waals surface area contributed by atoms with Gasteiger partial charge in [-0.2, -0.15) is 0 Å². The highest BCUT2D eigenvalue weighted by molar-refractivity contribution is 5.79. The van der Waals surface area contributed by atoms with E-state index < -0.39 is 0 Å².